The second-order valence-electron chi connectivity index (χ2n) is 24.0. The number of alkyl carbamates (subject to hydrolysis) is 1. The quantitative estimate of drug-likeness (QED) is 0.0778. The standard InChI is InChI=1S/C62H97N3O17/c1-39-15-11-10-12-16-40(2)52(79-30-29-78-48-37-77-38-48)35-47-20-18-45(7)62(73,82-47)58(69)59(70)65-23-14-13-17-49(65)60(71)80-53(36-50(66)41(3)32-44(6)56(68)57(75-9)55(67)43(5)31-39)42(4)33-46-19-21-51(54(34-46)74-8)81-61(72)63-22-24-64-25-27-76-28-26-64/h10-12,15-16,32,39,41-43,45-49,51-54,56-57,68,73H,13-14,17-31,33-38H2,1-9H3,(H,63,72)/b12-10+,15-11+,40-16+,44-32+/t39-,41-,42-,43-,45-,46+,47+,49+,51-,52?,53+,54-,56-,57+,62-/m1/s1. The number of Topliss-reactive ketones (excluding diaryl/α,β-unsaturated/α-hetero) is 3. The number of hydrogen-bond acceptors (Lipinski definition) is 18. The maximum Gasteiger partial charge on any atom is 0.407 e. The molecule has 5 heterocycles. The van der Waals surface area contributed by atoms with Crippen LogP contribution >= 0.6 is 0 Å². The molecule has 5 fully saturated rings. The molecule has 0 radical (unpaired) electrons. The third-order valence-electron chi connectivity index (χ3n) is 17.6. The number of aliphatic hydroxyl groups excluding tert-OH is 1. The van der Waals surface area contributed by atoms with E-state index in [9.17, 15) is 39.0 Å². The first-order valence-corrected chi connectivity index (χ1v) is 30.2. The summed E-state index contributed by atoms with van der Waals surface area (Å²) in [6.07, 6.45) is 9.90. The zero-order chi connectivity index (χ0) is 59.5. The van der Waals surface area contributed by atoms with Crippen molar-refractivity contribution in [2.45, 2.75) is 186 Å². The number of fused-ring (bicyclic) bond motifs is 3. The summed E-state index contributed by atoms with van der Waals surface area (Å²) in [7, 11) is 2.96. The Morgan fingerprint density at radius 3 is 2.29 bits per heavy atom. The monoisotopic (exact) mass is 1160 g/mol. The van der Waals surface area contributed by atoms with Crippen molar-refractivity contribution in [3.05, 3.63) is 47.6 Å². The summed E-state index contributed by atoms with van der Waals surface area (Å²) in [5.74, 6) is -8.48. The van der Waals surface area contributed by atoms with E-state index >= 15 is 0 Å². The number of piperidine rings is 1. The number of esters is 1. The molecule has 1 unspecified atom stereocenters. The number of methoxy groups -OCH3 is 2. The Morgan fingerprint density at radius 2 is 1.59 bits per heavy atom. The van der Waals surface area contributed by atoms with E-state index in [1.807, 2.05) is 58.1 Å². The lowest BCUT2D eigenvalue weighted by Gasteiger charge is -2.43. The Morgan fingerprint density at radius 1 is 0.841 bits per heavy atom. The highest BCUT2D eigenvalue weighted by Crippen LogP contribution is 2.38. The van der Waals surface area contributed by atoms with Crippen LogP contribution in [0.15, 0.2) is 47.6 Å². The number of ketones is 3. The molecule has 3 N–H and O–H groups in total. The summed E-state index contributed by atoms with van der Waals surface area (Å²) in [5, 5.41) is 26.7. The van der Waals surface area contributed by atoms with Crippen LogP contribution in [0.3, 0.4) is 0 Å². The number of amides is 2. The minimum absolute atomic E-state index is 0.00839. The first-order chi connectivity index (χ1) is 39.2. The van der Waals surface area contributed by atoms with Gasteiger partial charge in [-0.3, -0.25) is 24.1 Å². The van der Waals surface area contributed by atoms with Crippen LogP contribution in [0, 0.1) is 35.5 Å². The molecule has 4 saturated heterocycles. The number of nitrogens with zero attached hydrogens (tertiary/aromatic N) is 2. The Hall–Kier alpha value is -4.22. The molecule has 2 bridgehead atoms. The summed E-state index contributed by atoms with van der Waals surface area (Å²) in [6.45, 7) is 18.4. The molecule has 20 nitrogen and oxygen atoms in total. The van der Waals surface area contributed by atoms with E-state index in [4.69, 9.17) is 42.6 Å². The van der Waals surface area contributed by atoms with Crippen LogP contribution in [0.1, 0.15) is 126 Å². The van der Waals surface area contributed by atoms with Gasteiger partial charge >= 0.3 is 12.1 Å². The Kier molecular flexibility index (Phi) is 26.8. The summed E-state index contributed by atoms with van der Waals surface area (Å²) >= 11 is 0. The van der Waals surface area contributed by atoms with E-state index in [2.05, 4.69) is 10.2 Å². The van der Waals surface area contributed by atoms with Gasteiger partial charge in [0, 0.05) is 77.5 Å². The number of nitrogens with one attached hydrogen (secondary N) is 1. The smallest absolute Gasteiger partial charge is 0.407 e. The highest BCUT2D eigenvalue weighted by atomic mass is 16.6. The van der Waals surface area contributed by atoms with E-state index in [1.54, 1.807) is 34.0 Å². The number of rotatable bonds is 14. The minimum Gasteiger partial charge on any atom is -0.460 e. The molecule has 20 heteroatoms. The van der Waals surface area contributed by atoms with Crippen molar-refractivity contribution >= 4 is 35.3 Å². The van der Waals surface area contributed by atoms with Gasteiger partial charge in [-0.05, 0) is 107 Å². The molecular formula is C62H97N3O17. The molecule has 1 saturated carbocycles. The Bertz CT molecular complexity index is 2230. The third kappa shape index (κ3) is 19.1. The average Bonchev–Trinajstić information content (AvgIpc) is 3.50. The zero-order valence-electron chi connectivity index (χ0n) is 50.3. The van der Waals surface area contributed by atoms with Crippen molar-refractivity contribution in [1.82, 2.24) is 15.1 Å². The number of carbonyl (C=O) groups excluding carboxylic acids is 6. The molecule has 1 aliphatic carbocycles. The lowest BCUT2D eigenvalue weighted by atomic mass is 9.78. The third-order valence-corrected chi connectivity index (χ3v) is 17.6. The Balaban J connectivity index is 1.24. The molecule has 82 heavy (non-hydrogen) atoms. The number of allylic oxidation sites excluding steroid dienone is 6. The summed E-state index contributed by atoms with van der Waals surface area (Å²) in [6, 6.07) is -1.19. The summed E-state index contributed by atoms with van der Waals surface area (Å²) in [4.78, 5) is 88.5. The molecule has 15 atom stereocenters. The van der Waals surface area contributed by atoms with Crippen molar-refractivity contribution in [2.75, 3.05) is 86.6 Å². The van der Waals surface area contributed by atoms with Crippen LogP contribution in [0.4, 0.5) is 4.79 Å². The van der Waals surface area contributed by atoms with Crippen LogP contribution in [0.25, 0.3) is 0 Å². The van der Waals surface area contributed by atoms with E-state index in [1.165, 1.54) is 12.0 Å². The van der Waals surface area contributed by atoms with Gasteiger partial charge < -0.3 is 63.1 Å². The normalized spacial score (nSPS) is 36.8. The van der Waals surface area contributed by atoms with E-state index in [-0.39, 0.29) is 61.9 Å². The van der Waals surface area contributed by atoms with Crippen molar-refractivity contribution in [3.8, 4) is 0 Å². The first-order valence-electron chi connectivity index (χ1n) is 30.2. The predicted molar refractivity (Wildman–Crippen MR) is 304 cm³/mol. The maximum absolute atomic E-state index is 14.7. The van der Waals surface area contributed by atoms with Gasteiger partial charge in [0.05, 0.1) is 58.0 Å². The van der Waals surface area contributed by atoms with Crippen molar-refractivity contribution in [3.63, 3.8) is 0 Å². The largest absolute Gasteiger partial charge is 0.460 e. The second-order valence-corrected chi connectivity index (χ2v) is 24.0. The fourth-order valence-electron chi connectivity index (χ4n) is 12.2. The topological polar surface area (TPSA) is 244 Å². The van der Waals surface area contributed by atoms with Crippen LogP contribution in [0.5, 0.6) is 0 Å². The molecule has 0 aromatic rings. The van der Waals surface area contributed by atoms with Crippen molar-refractivity contribution < 1.29 is 81.6 Å². The maximum atomic E-state index is 14.7. The molecule has 6 rings (SSSR count). The molecule has 5 aliphatic heterocycles. The minimum atomic E-state index is -2.49. The van der Waals surface area contributed by atoms with Crippen LogP contribution in [-0.4, -0.2) is 203 Å². The van der Waals surface area contributed by atoms with E-state index < -0.39 is 102 Å². The van der Waals surface area contributed by atoms with Gasteiger partial charge in [-0.25, -0.2) is 9.59 Å². The van der Waals surface area contributed by atoms with Gasteiger partial charge in [-0.2, -0.15) is 0 Å². The highest BCUT2D eigenvalue weighted by Gasteiger charge is 2.53. The van der Waals surface area contributed by atoms with Gasteiger partial charge in [0.1, 0.15) is 42.3 Å². The van der Waals surface area contributed by atoms with Crippen molar-refractivity contribution in [2.24, 2.45) is 35.5 Å². The van der Waals surface area contributed by atoms with E-state index in [0.717, 1.165) is 18.7 Å². The molecule has 0 spiro atoms. The summed E-state index contributed by atoms with van der Waals surface area (Å²) in [5.41, 5.74) is 1.21. The molecule has 0 aromatic heterocycles. The molecule has 0 aromatic carbocycles. The molecule has 462 valence electrons. The molecule has 2 amide bonds. The Labute approximate surface area is 486 Å². The van der Waals surface area contributed by atoms with Gasteiger partial charge in [-0.15, -0.1) is 0 Å². The van der Waals surface area contributed by atoms with Gasteiger partial charge in [0.25, 0.3) is 11.7 Å². The lowest BCUT2D eigenvalue weighted by molar-refractivity contribution is -0.266. The number of cyclic esters (lactones) is 1. The highest BCUT2D eigenvalue weighted by molar-refractivity contribution is 6.39. The fraction of sp³-hybridized carbons (Fsp3) is 0.774. The second kappa shape index (κ2) is 32.9. The van der Waals surface area contributed by atoms with Crippen molar-refractivity contribution in [1.29, 1.82) is 0 Å². The molecule has 6 aliphatic rings. The zero-order valence-corrected chi connectivity index (χ0v) is 50.3. The summed E-state index contributed by atoms with van der Waals surface area (Å²) < 4.78 is 53.0. The number of hydrogen-bond donors (Lipinski definition) is 3. The van der Waals surface area contributed by atoms with Crippen LogP contribution in [0.2, 0.25) is 0 Å². The van der Waals surface area contributed by atoms with Crippen LogP contribution in [-0.2, 0) is 66.6 Å². The average molecular weight is 1160 g/mol. The lowest BCUT2D eigenvalue weighted by Crippen LogP contribution is -2.61. The number of carbonyl (C=O) groups is 6. The molecular weight excluding hydrogens is 1060 g/mol. The van der Waals surface area contributed by atoms with Gasteiger partial charge in [0.15, 0.2) is 5.78 Å². The van der Waals surface area contributed by atoms with Gasteiger partial charge in [-0.1, -0.05) is 71.1 Å². The fourth-order valence-corrected chi connectivity index (χ4v) is 12.2. The first kappa shape index (κ1) is 66.9. The number of morpholine rings is 1. The van der Waals surface area contributed by atoms with Gasteiger partial charge in [0.2, 0.25) is 5.79 Å². The number of ether oxygens (including phenoxy) is 9. The number of aliphatic hydroxyl groups is 2. The predicted octanol–water partition coefficient (Wildman–Crippen LogP) is 6.03. The SMILES string of the molecule is CO[C@@H]1C[C@H](C[C@@H](C)[C@@H]2CC(=O)[C@H](C)/C=C(\C)[C@@H](O)[C@@H](OC)C(=O)[C@H](C)C[C@H](C)/C=C/C=C/C=C(\C)C(OCCOC3COC3)C[C@@H]3CC[C@@H](C)[C@@](O)(O3)C(=O)C(=O)N3CCCC[C@H]3C(=O)O2)CC[C@H]1OC(=O)NCCN1CCOCC1. The van der Waals surface area contributed by atoms with E-state index in [0.29, 0.717) is 109 Å². The van der Waals surface area contributed by atoms with Crippen LogP contribution < -0.4 is 5.32 Å².